The number of hydrogen-bond acceptors (Lipinski definition) is 5. The minimum absolute atomic E-state index is 0.0521. The number of nitrogens with zero attached hydrogens (tertiary/aromatic N) is 2. The number of carbonyl (C=O) groups is 2. The molecule has 128 valence electrons. The lowest BCUT2D eigenvalue weighted by atomic mass is 9.98. The van der Waals surface area contributed by atoms with E-state index in [1.54, 1.807) is 18.4 Å². The SMILES string of the molecule is CCC(=O)NCCc1csc([C@H]2CCCN(C(=O)COC)C2)n1. The quantitative estimate of drug-likeness (QED) is 0.818. The molecule has 1 aromatic heterocycles. The minimum Gasteiger partial charge on any atom is -0.375 e. The van der Waals surface area contributed by atoms with Crippen molar-refractivity contribution >= 4 is 23.2 Å². The molecular formula is C16H25N3O3S. The number of amides is 2. The Hall–Kier alpha value is -1.47. The van der Waals surface area contributed by atoms with E-state index in [0.29, 0.717) is 18.9 Å². The summed E-state index contributed by atoms with van der Waals surface area (Å²) in [5, 5.41) is 6.02. The highest BCUT2D eigenvalue weighted by Crippen LogP contribution is 2.29. The van der Waals surface area contributed by atoms with Crippen molar-refractivity contribution in [1.29, 1.82) is 0 Å². The van der Waals surface area contributed by atoms with Gasteiger partial charge in [-0.2, -0.15) is 0 Å². The molecule has 1 saturated heterocycles. The van der Waals surface area contributed by atoms with Crippen molar-refractivity contribution in [2.45, 2.75) is 38.5 Å². The molecule has 0 aliphatic carbocycles. The summed E-state index contributed by atoms with van der Waals surface area (Å²) in [6, 6.07) is 0. The monoisotopic (exact) mass is 339 g/mol. The van der Waals surface area contributed by atoms with Gasteiger partial charge in [0.15, 0.2) is 0 Å². The van der Waals surface area contributed by atoms with Crippen molar-refractivity contribution in [2.75, 3.05) is 33.4 Å². The molecule has 1 aliphatic rings. The van der Waals surface area contributed by atoms with Crippen molar-refractivity contribution < 1.29 is 14.3 Å². The Morgan fingerprint density at radius 3 is 3.09 bits per heavy atom. The van der Waals surface area contributed by atoms with Crippen LogP contribution >= 0.6 is 11.3 Å². The molecule has 1 atom stereocenters. The Balaban J connectivity index is 1.86. The summed E-state index contributed by atoms with van der Waals surface area (Å²) in [5.74, 6) is 0.435. The number of hydrogen-bond donors (Lipinski definition) is 1. The van der Waals surface area contributed by atoms with Gasteiger partial charge in [0.25, 0.3) is 0 Å². The fourth-order valence-electron chi connectivity index (χ4n) is 2.70. The average Bonchev–Trinajstić information content (AvgIpc) is 3.04. The summed E-state index contributed by atoms with van der Waals surface area (Å²) in [6.45, 7) is 4.14. The standard InChI is InChI=1S/C16H25N3O3S/c1-3-14(20)17-7-6-13-11-23-16(18-13)12-5-4-8-19(9-12)15(21)10-22-2/h11-12H,3-10H2,1-2H3,(H,17,20)/t12-/m0/s1. The van der Waals surface area contributed by atoms with E-state index in [4.69, 9.17) is 9.72 Å². The van der Waals surface area contributed by atoms with Crippen LogP contribution in [0.5, 0.6) is 0 Å². The van der Waals surface area contributed by atoms with Gasteiger partial charge in [0.1, 0.15) is 6.61 Å². The zero-order valence-corrected chi connectivity index (χ0v) is 14.7. The normalized spacial score (nSPS) is 18.0. The van der Waals surface area contributed by atoms with Gasteiger partial charge in [-0.15, -0.1) is 11.3 Å². The van der Waals surface area contributed by atoms with E-state index in [9.17, 15) is 9.59 Å². The van der Waals surface area contributed by atoms with Crippen LogP contribution in [0.4, 0.5) is 0 Å². The minimum atomic E-state index is 0.0521. The lowest BCUT2D eigenvalue weighted by Crippen LogP contribution is -2.40. The van der Waals surface area contributed by atoms with E-state index in [0.717, 1.165) is 43.1 Å². The molecule has 6 nitrogen and oxygen atoms in total. The maximum atomic E-state index is 12.0. The van der Waals surface area contributed by atoms with Crippen LogP contribution in [-0.4, -0.2) is 55.0 Å². The lowest BCUT2D eigenvalue weighted by molar-refractivity contribution is -0.136. The average molecular weight is 339 g/mol. The Bertz CT molecular complexity index is 532. The number of rotatable bonds is 7. The van der Waals surface area contributed by atoms with Gasteiger partial charge in [-0.05, 0) is 12.8 Å². The highest BCUT2D eigenvalue weighted by Gasteiger charge is 2.26. The molecule has 0 spiro atoms. The number of nitrogens with one attached hydrogen (secondary N) is 1. The van der Waals surface area contributed by atoms with Gasteiger partial charge in [0.05, 0.1) is 10.7 Å². The topological polar surface area (TPSA) is 71.5 Å². The van der Waals surface area contributed by atoms with Crippen LogP contribution in [0.2, 0.25) is 0 Å². The van der Waals surface area contributed by atoms with Gasteiger partial charge in [0.2, 0.25) is 11.8 Å². The summed E-state index contributed by atoms with van der Waals surface area (Å²) in [6.07, 6.45) is 3.33. The zero-order valence-electron chi connectivity index (χ0n) is 13.8. The van der Waals surface area contributed by atoms with Crippen molar-refractivity contribution in [3.63, 3.8) is 0 Å². The van der Waals surface area contributed by atoms with Crippen LogP contribution in [0.1, 0.15) is 42.8 Å². The number of likely N-dealkylation sites (tertiary alicyclic amines) is 1. The fraction of sp³-hybridized carbons (Fsp3) is 0.688. The molecule has 0 radical (unpaired) electrons. The molecule has 1 aromatic rings. The van der Waals surface area contributed by atoms with Gasteiger partial charge >= 0.3 is 0 Å². The van der Waals surface area contributed by atoms with Gasteiger partial charge in [-0.1, -0.05) is 6.92 Å². The first kappa shape index (κ1) is 17.9. The van der Waals surface area contributed by atoms with Crippen LogP contribution in [0.3, 0.4) is 0 Å². The Morgan fingerprint density at radius 1 is 1.52 bits per heavy atom. The second-order valence-electron chi connectivity index (χ2n) is 5.74. The maximum Gasteiger partial charge on any atom is 0.248 e. The summed E-state index contributed by atoms with van der Waals surface area (Å²) in [7, 11) is 1.55. The van der Waals surface area contributed by atoms with Crippen LogP contribution < -0.4 is 5.32 Å². The Labute approximate surface area is 141 Å². The zero-order chi connectivity index (χ0) is 16.7. The number of piperidine rings is 1. The van der Waals surface area contributed by atoms with E-state index in [1.807, 2.05) is 11.8 Å². The molecule has 1 N–H and O–H groups in total. The third-order valence-electron chi connectivity index (χ3n) is 3.99. The molecule has 7 heteroatoms. The van der Waals surface area contributed by atoms with Crippen LogP contribution in [0.15, 0.2) is 5.38 Å². The molecule has 0 aromatic carbocycles. The van der Waals surface area contributed by atoms with Crippen LogP contribution in [0, 0.1) is 0 Å². The van der Waals surface area contributed by atoms with Crippen LogP contribution in [0.25, 0.3) is 0 Å². The molecule has 2 rings (SSSR count). The predicted octanol–water partition coefficient (Wildman–Crippen LogP) is 1.56. The number of thiazole rings is 1. The highest BCUT2D eigenvalue weighted by atomic mass is 32.1. The third kappa shape index (κ3) is 5.28. The maximum absolute atomic E-state index is 12.0. The number of ether oxygens (including phenoxy) is 1. The van der Waals surface area contributed by atoms with Gasteiger partial charge < -0.3 is 15.0 Å². The highest BCUT2D eigenvalue weighted by molar-refractivity contribution is 7.09. The van der Waals surface area contributed by atoms with Crippen LogP contribution in [-0.2, 0) is 20.7 Å². The fourth-order valence-corrected chi connectivity index (χ4v) is 3.68. The smallest absolute Gasteiger partial charge is 0.248 e. The number of carbonyl (C=O) groups excluding carboxylic acids is 2. The molecule has 1 fully saturated rings. The Morgan fingerprint density at radius 2 is 2.35 bits per heavy atom. The summed E-state index contributed by atoms with van der Waals surface area (Å²) in [4.78, 5) is 29.8. The lowest BCUT2D eigenvalue weighted by Gasteiger charge is -2.31. The molecule has 2 heterocycles. The summed E-state index contributed by atoms with van der Waals surface area (Å²) < 4.78 is 4.94. The molecule has 1 aliphatic heterocycles. The van der Waals surface area contributed by atoms with Crippen molar-refractivity contribution in [2.24, 2.45) is 0 Å². The molecule has 23 heavy (non-hydrogen) atoms. The van der Waals surface area contributed by atoms with Gasteiger partial charge in [0, 0.05) is 50.9 Å². The number of aromatic nitrogens is 1. The summed E-state index contributed by atoms with van der Waals surface area (Å²) >= 11 is 1.65. The Kier molecular flexibility index (Phi) is 6.98. The van der Waals surface area contributed by atoms with Crippen molar-refractivity contribution in [3.05, 3.63) is 16.1 Å². The first-order chi connectivity index (χ1) is 11.1. The molecular weight excluding hydrogens is 314 g/mol. The molecule has 0 saturated carbocycles. The van der Waals surface area contributed by atoms with Crippen molar-refractivity contribution in [3.8, 4) is 0 Å². The predicted molar refractivity (Wildman–Crippen MR) is 89.5 cm³/mol. The first-order valence-electron chi connectivity index (χ1n) is 8.11. The molecule has 0 bridgehead atoms. The molecule has 0 unspecified atom stereocenters. The number of methoxy groups -OCH3 is 1. The van der Waals surface area contributed by atoms with E-state index in [1.165, 1.54) is 0 Å². The van der Waals surface area contributed by atoms with Gasteiger partial charge in [-0.25, -0.2) is 4.98 Å². The molecule has 2 amide bonds. The second-order valence-corrected chi connectivity index (χ2v) is 6.63. The van der Waals surface area contributed by atoms with Crippen molar-refractivity contribution in [1.82, 2.24) is 15.2 Å². The largest absolute Gasteiger partial charge is 0.375 e. The third-order valence-corrected chi connectivity index (χ3v) is 5.04. The second kappa shape index (κ2) is 8.98. The van der Waals surface area contributed by atoms with E-state index >= 15 is 0 Å². The first-order valence-corrected chi connectivity index (χ1v) is 8.99. The van der Waals surface area contributed by atoms with E-state index in [-0.39, 0.29) is 18.4 Å². The van der Waals surface area contributed by atoms with Gasteiger partial charge in [-0.3, -0.25) is 9.59 Å². The summed E-state index contributed by atoms with van der Waals surface area (Å²) in [5.41, 5.74) is 1.02. The van der Waals surface area contributed by atoms with E-state index < -0.39 is 0 Å². The van der Waals surface area contributed by atoms with E-state index in [2.05, 4.69) is 10.7 Å².